The number of rotatable bonds is 4. The van der Waals surface area contributed by atoms with Gasteiger partial charge in [-0.15, -0.1) is 11.3 Å². The first-order valence-electron chi connectivity index (χ1n) is 6.20. The largest absolute Gasteiger partial charge is 0.396 e. The van der Waals surface area contributed by atoms with Crippen molar-refractivity contribution in [2.45, 2.75) is 33.2 Å². The molecule has 6 heteroatoms. The van der Waals surface area contributed by atoms with E-state index in [1.807, 2.05) is 11.4 Å². The average Bonchev–Trinajstić information content (AvgIpc) is 2.74. The third kappa shape index (κ3) is 3.35. The molecule has 0 aliphatic carbocycles. The molecule has 0 spiro atoms. The number of nitrogens with zero attached hydrogens (tertiary/aromatic N) is 2. The van der Waals surface area contributed by atoms with Crippen molar-refractivity contribution >= 4 is 39.0 Å². The van der Waals surface area contributed by atoms with Crippen molar-refractivity contribution in [3.05, 3.63) is 16.7 Å². The lowest BCUT2D eigenvalue weighted by molar-refractivity contribution is 0.235. The summed E-state index contributed by atoms with van der Waals surface area (Å²) in [6.07, 6.45) is 0.665. The lowest BCUT2D eigenvalue weighted by Crippen LogP contribution is -2.35. The number of halogens is 1. The van der Waals surface area contributed by atoms with Gasteiger partial charge in [-0.05, 0) is 34.9 Å². The maximum absolute atomic E-state index is 9.21. The Morgan fingerprint density at radius 1 is 1.42 bits per heavy atom. The van der Waals surface area contributed by atoms with Crippen LogP contribution in [0.5, 0.6) is 0 Å². The van der Waals surface area contributed by atoms with Crippen molar-refractivity contribution in [2.24, 2.45) is 5.41 Å². The van der Waals surface area contributed by atoms with E-state index in [1.165, 1.54) is 0 Å². The number of hydrogen-bond donors (Lipinski definition) is 2. The van der Waals surface area contributed by atoms with Gasteiger partial charge in [-0.2, -0.15) is 4.98 Å². The second-order valence-electron chi connectivity index (χ2n) is 5.55. The van der Waals surface area contributed by atoms with Crippen molar-refractivity contribution in [1.29, 1.82) is 0 Å². The average molecular weight is 300 g/mol. The fourth-order valence-corrected chi connectivity index (χ4v) is 2.91. The number of anilines is 1. The number of hydrogen-bond acceptors (Lipinski definition) is 5. The minimum absolute atomic E-state index is 0.0176. The highest BCUT2D eigenvalue weighted by molar-refractivity contribution is 7.17. The number of nitrogens with one attached hydrogen (secondary N) is 1. The van der Waals surface area contributed by atoms with Crippen molar-refractivity contribution in [1.82, 2.24) is 9.97 Å². The van der Waals surface area contributed by atoms with Crippen molar-refractivity contribution in [2.75, 3.05) is 11.9 Å². The molecule has 0 saturated heterocycles. The molecule has 2 aromatic heterocycles. The third-order valence-electron chi connectivity index (χ3n) is 3.05. The summed E-state index contributed by atoms with van der Waals surface area (Å²) >= 11 is 7.53. The van der Waals surface area contributed by atoms with Crippen LogP contribution in [0.2, 0.25) is 5.28 Å². The zero-order valence-corrected chi connectivity index (χ0v) is 12.8. The van der Waals surface area contributed by atoms with Crippen LogP contribution in [-0.4, -0.2) is 27.7 Å². The van der Waals surface area contributed by atoms with Gasteiger partial charge >= 0.3 is 0 Å². The highest BCUT2D eigenvalue weighted by atomic mass is 35.5. The van der Waals surface area contributed by atoms with Crippen LogP contribution in [0, 0.1) is 5.41 Å². The SMILES string of the molecule is CC(C)(C)C(CCO)Nc1nc(Cl)nc2ccsc12. The van der Waals surface area contributed by atoms with Crippen LogP contribution in [-0.2, 0) is 0 Å². The summed E-state index contributed by atoms with van der Waals surface area (Å²) in [6.45, 7) is 6.54. The summed E-state index contributed by atoms with van der Waals surface area (Å²) in [5, 5.41) is 14.8. The van der Waals surface area contributed by atoms with Gasteiger partial charge in [-0.3, -0.25) is 0 Å². The summed E-state index contributed by atoms with van der Waals surface area (Å²) in [5.41, 5.74) is 0.869. The highest BCUT2D eigenvalue weighted by Gasteiger charge is 2.25. The first-order valence-corrected chi connectivity index (χ1v) is 7.45. The topological polar surface area (TPSA) is 58.0 Å². The monoisotopic (exact) mass is 299 g/mol. The summed E-state index contributed by atoms with van der Waals surface area (Å²) in [7, 11) is 0. The third-order valence-corrected chi connectivity index (χ3v) is 4.13. The molecule has 2 N–H and O–H groups in total. The number of aromatic nitrogens is 2. The highest BCUT2D eigenvalue weighted by Crippen LogP contribution is 2.31. The Bertz CT molecular complexity index is 565. The van der Waals surface area contributed by atoms with Gasteiger partial charge in [0.2, 0.25) is 5.28 Å². The van der Waals surface area contributed by atoms with Crippen LogP contribution in [0.4, 0.5) is 5.82 Å². The molecule has 1 atom stereocenters. The zero-order valence-electron chi connectivity index (χ0n) is 11.3. The lowest BCUT2D eigenvalue weighted by Gasteiger charge is -2.31. The van der Waals surface area contributed by atoms with Gasteiger partial charge in [-0.1, -0.05) is 20.8 Å². The van der Waals surface area contributed by atoms with E-state index in [9.17, 15) is 5.11 Å². The van der Waals surface area contributed by atoms with Crippen molar-refractivity contribution in [3.63, 3.8) is 0 Å². The number of thiophene rings is 1. The smallest absolute Gasteiger partial charge is 0.224 e. The van der Waals surface area contributed by atoms with Crippen molar-refractivity contribution in [3.8, 4) is 0 Å². The molecule has 0 aliphatic heterocycles. The molecule has 2 heterocycles. The van der Waals surface area contributed by atoms with Gasteiger partial charge in [0.05, 0.1) is 10.2 Å². The standard InChI is InChI=1S/C13H18ClN3OS/c1-13(2,3)9(4-6-18)16-11-10-8(5-7-19-10)15-12(14)17-11/h5,7,9,18H,4,6H2,1-3H3,(H,15,16,17). The molecule has 0 radical (unpaired) electrons. The van der Waals surface area contributed by atoms with Crippen molar-refractivity contribution < 1.29 is 5.11 Å². The van der Waals surface area contributed by atoms with Gasteiger partial charge < -0.3 is 10.4 Å². The predicted octanol–water partition coefficient (Wildman–Crippen LogP) is 3.55. The normalized spacial score (nSPS) is 13.7. The van der Waals surface area contributed by atoms with Crippen LogP contribution in [0.15, 0.2) is 11.4 Å². The van der Waals surface area contributed by atoms with E-state index in [0.29, 0.717) is 6.42 Å². The van der Waals surface area contributed by atoms with Crippen LogP contribution in [0.1, 0.15) is 27.2 Å². The molecule has 19 heavy (non-hydrogen) atoms. The first kappa shape index (κ1) is 14.5. The Morgan fingerprint density at radius 2 is 2.16 bits per heavy atom. The zero-order chi connectivity index (χ0) is 14.0. The molecule has 2 rings (SSSR count). The minimum Gasteiger partial charge on any atom is -0.396 e. The Balaban J connectivity index is 2.35. The van der Waals surface area contributed by atoms with Crippen LogP contribution in [0.3, 0.4) is 0 Å². The molecule has 104 valence electrons. The summed E-state index contributed by atoms with van der Waals surface area (Å²) in [6, 6.07) is 2.05. The Morgan fingerprint density at radius 3 is 2.79 bits per heavy atom. The van der Waals surface area contributed by atoms with E-state index in [1.54, 1.807) is 11.3 Å². The molecule has 2 aromatic rings. The van der Waals surface area contributed by atoms with E-state index in [-0.39, 0.29) is 23.3 Å². The molecule has 0 aromatic carbocycles. The molecule has 0 bridgehead atoms. The van der Waals surface area contributed by atoms with Crippen LogP contribution >= 0.6 is 22.9 Å². The van der Waals surface area contributed by atoms with Crippen LogP contribution in [0.25, 0.3) is 10.2 Å². The van der Waals surface area contributed by atoms with Gasteiger partial charge in [0, 0.05) is 12.6 Å². The van der Waals surface area contributed by atoms with E-state index in [4.69, 9.17) is 11.6 Å². The van der Waals surface area contributed by atoms with Gasteiger partial charge in [0.15, 0.2) is 0 Å². The molecule has 0 fully saturated rings. The first-order chi connectivity index (χ1) is 8.91. The lowest BCUT2D eigenvalue weighted by atomic mass is 9.85. The van der Waals surface area contributed by atoms with E-state index < -0.39 is 0 Å². The maximum Gasteiger partial charge on any atom is 0.224 e. The summed E-state index contributed by atoms with van der Waals surface area (Å²) in [4.78, 5) is 8.47. The van der Waals surface area contributed by atoms with E-state index in [2.05, 4.69) is 36.1 Å². The minimum atomic E-state index is 0.0176. The Hall–Kier alpha value is -0.910. The number of aliphatic hydroxyl groups is 1. The molecule has 0 amide bonds. The fourth-order valence-electron chi connectivity index (χ4n) is 1.95. The molecule has 0 aliphatic rings. The number of aliphatic hydroxyl groups excluding tert-OH is 1. The van der Waals surface area contributed by atoms with Gasteiger partial charge in [0.1, 0.15) is 5.82 Å². The van der Waals surface area contributed by atoms with Gasteiger partial charge in [0.25, 0.3) is 0 Å². The van der Waals surface area contributed by atoms with Gasteiger partial charge in [-0.25, -0.2) is 4.98 Å². The molecule has 1 unspecified atom stereocenters. The summed E-state index contributed by atoms with van der Waals surface area (Å²) in [5.74, 6) is 0.748. The second kappa shape index (κ2) is 5.61. The van der Waals surface area contributed by atoms with E-state index >= 15 is 0 Å². The molecular formula is C13H18ClN3OS. The second-order valence-corrected chi connectivity index (χ2v) is 6.81. The number of fused-ring (bicyclic) bond motifs is 1. The Kier molecular flexibility index (Phi) is 4.28. The fraction of sp³-hybridized carbons (Fsp3) is 0.538. The molecular weight excluding hydrogens is 282 g/mol. The maximum atomic E-state index is 9.21. The Labute approximate surface area is 121 Å². The molecule has 4 nitrogen and oxygen atoms in total. The summed E-state index contributed by atoms with van der Waals surface area (Å²) < 4.78 is 0.997. The quantitative estimate of drug-likeness (QED) is 0.848. The van der Waals surface area contributed by atoms with E-state index in [0.717, 1.165) is 16.0 Å². The van der Waals surface area contributed by atoms with Crippen LogP contribution < -0.4 is 5.32 Å². The predicted molar refractivity (Wildman–Crippen MR) is 81.0 cm³/mol. The molecule has 0 saturated carbocycles.